The molecule has 0 bridgehead atoms. The molecule has 6 rings (SSSR count). The lowest BCUT2D eigenvalue weighted by Crippen LogP contribution is -2.44. The summed E-state index contributed by atoms with van der Waals surface area (Å²) in [6.07, 6.45) is -0.636. The summed E-state index contributed by atoms with van der Waals surface area (Å²) in [6.45, 7) is 1.64. The van der Waals surface area contributed by atoms with Crippen LogP contribution < -0.4 is 15.1 Å². The van der Waals surface area contributed by atoms with Crippen molar-refractivity contribution in [1.29, 1.82) is 0 Å². The number of aromatic nitrogens is 3. The number of hydrogen-bond acceptors (Lipinski definition) is 11. The molecule has 5 heterocycles. The monoisotopic (exact) mass is 561 g/mol. The molecule has 3 N–H and O–H groups in total. The first-order chi connectivity index (χ1) is 19.6. The average molecular weight is 562 g/mol. The molecular weight excluding hydrogens is 538 g/mol. The Bertz CT molecular complexity index is 1820. The van der Waals surface area contributed by atoms with Crippen LogP contribution in [0.2, 0.25) is 0 Å². The first-order valence-corrected chi connectivity index (χ1v) is 12.7. The van der Waals surface area contributed by atoms with Gasteiger partial charge in [-0.15, -0.1) is 4.73 Å². The third-order valence-electron chi connectivity index (χ3n) is 7.23. The Hall–Kier alpha value is -5.17. The molecule has 13 nitrogen and oxygen atoms in total. The molecule has 2 aliphatic rings. The summed E-state index contributed by atoms with van der Waals surface area (Å²) in [5, 5.41) is 30.7. The van der Waals surface area contributed by atoms with Crippen molar-refractivity contribution in [3.05, 3.63) is 69.5 Å². The molecule has 0 fully saturated rings. The van der Waals surface area contributed by atoms with Crippen LogP contribution >= 0.6 is 0 Å². The number of carbonyl (C=O) groups excluding carboxylic acids is 3. The van der Waals surface area contributed by atoms with Crippen LogP contribution in [-0.2, 0) is 37.9 Å². The van der Waals surface area contributed by atoms with Gasteiger partial charge in [-0.25, -0.2) is 14.6 Å². The minimum Gasteiger partial charge on any atom is -0.492 e. The highest BCUT2D eigenvalue weighted by Crippen LogP contribution is 2.39. The number of esters is 2. The smallest absolute Gasteiger partial charge is 0.343 e. The number of fused-ring (bicyclic) bond motifs is 5. The third kappa shape index (κ3) is 4.26. The van der Waals surface area contributed by atoms with Crippen molar-refractivity contribution in [2.24, 2.45) is 0 Å². The zero-order valence-electron chi connectivity index (χ0n) is 21.6. The summed E-state index contributed by atoms with van der Waals surface area (Å²) in [5.74, 6) is -3.11. The number of ether oxygens (including phenoxy) is 2. The zero-order valence-corrected chi connectivity index (χ0v) is 21.6. The number of benzene rings is 1. The summed E-state index contributed by atoms with van der Waals surface area (Å²) < 4.78 is 12.5. The van der Waals surface area contributed by atoms with E-state index in [-0.39, 0.29) is 54.8 Å². The second-order valence-electron chi connectivity index (χ2n) is 9.74. The highest BCUT2D eigenvalue weighted by Gasteiger charge is 2.45. The van der Waals surface area contributed by atoms with Gasteiger partial charge in [-0.1, -0.05) is 6.92 Å². The van der Waals surface area contributed by atoms with Gasteiger partial charge < -0.3 is 34.2 Å². The van der Waals surface area contributed by atoms with Gasteiger partial charge in [0, 0.05) is 28.6 Å². The lowest BCUT2D eigenvalue weighted by molar-refractivity contribution is -0.172. The van der Waals surface area contributed by atoms with Gasteiger partial charge in [0.15, 0.2) is 5.60 Å². The topological polar surface area (TPSA) is 179 Å². The van der Waals surface area contributed by atoms with Crippen molar-refractivity contribution < 1.29 is 44.0 Å². The summed E-state index contributed by atoms with van der Waals surface area (Å²) in [5.41, 5.74) is 0.492. The van der Waals surface area contributed by atoms with Gasteiger partial charge in [0.05, 0.1) is 41.9 Å². The summed E-state index contributed by atoms with van der Waals surface area (Å²) >= 11 is 0. The van der Waals surface area contributed by atoms with E-state index < -0.39 is 35.3 Å². The highest BCUT2D eigenvalue weighted by molar-refractivity contribution is 5.87. The molecule has 2 aliphatic heterocycles. The van der Waals surface area contributed by atoms with Crippen molar-refractivity contribution >= 4 is 28.8 Å². The molecule has 0 amide bonds. The quantitative estimate of drug-likeness (QED) is 0.203. The first kappa shape index (κ1) is 26.1. The Morgan fingerprint density at radius 2 is 1.78 bits per heavy atom. The normalized spacial score (nSPS) is 17.0. The number of rotatable bonds is 6. The highest BCUT2D eigenvalue weighted by atomic mass is 16.7. The fourth-order valence-corrected chi connectivity index (χ4v) is 5.06. The fraction of sp³-hybridized carbons (Fsp3) is 0.250. The second kappa shape index (κ2) is 9.48. The number of hydrogen-bond donors (Lipinski definition) is 3. The Kier molecular flexibility index (Phi) is 6.03. The van der Waals surface area contributed by atoms with E-state index >= 15 is 0 Å². The average Bonchev–Trinajstić information content (AvgIpc) is 3.47. The van der Waals surface area contributed by atoms with Crippen molar-refractivity contribution in [3.8, 4) is 28.9 Å². The van der Waals surface area contributed by atoms with Crippen LogP contribution in [0.15, 0.2) is 47.3 Å². The van der Waals surface area contributed by atoms with E-state index in [2.05, 4.69) is 0 Å². The molecule has 0 unspecified atom stereocenters. The van der Waals surface area contributed by atoms with E-state index in [1.54, 1.807) is 25.1 Å². The van der Waals surface area contributed by atoms with Crippen molar-refractivity contribution in [2.45, 2.75) is 44.9 Å². The molecule has 0 saturated heterocycles. The first-order valence-electron chi connectivity index (χ1n) is 12.7. The van der Waals surface area contributed by atoms with Crippen LogP contribution in [0, 0.1) is 0 Å². The van der Waals surface area contributed by atoms with E-state index in [4.69, 9.17) is 19.3 Å². The van der Waals surface area contributed by atoms with Crippen LogP contribution in [-0.4, -0.2) is 47.5 Å². The molecule has 3 aromatic heterocycles. The summed E-state index contributed by atoms with van der Waals surface area (Å²) in [7, 11) is 0. The maximum atomic E-state index is 13.3. The maximum absolute atomic E-state index is 13.3. The summed E-state index contributed by atoms with van der Waals surface area (Å²) in [6, 6.07) is 10.5. The standard InChI is InChI=1S/C28H23N3O10/c1-2-28(38)18-11-20-25-15(12-30(20)26(36)17(18)13-39-27(28)37)9-14-10-16(3-4-19(14)29-25)40-23(34)7-8-24(35)41-31-21(32)5-6-22(31)33/h3-6,9-11,32-33,38H,2,7-8,12-13H2,1H3/t28-/m0/s1. The summed E-state index contributed by atoms with van der Waals surface area (Å²) in [4.78, 5) is 59.5. The number of nitrogens with zero attached hydrogens (tertiary/aromatic N) is 3. The number of pyridine rings is 2. The maximum Gasteiger partial charge on any atom is 0.343 e. The minimum atomic E-state index is -1.91. The Labute approximate surface area is 230 Å². The van der Waals surface area contributed by atoms with Gasteiger partial charge in [0.2, 0.25) is 11.8 Å². The molecule has 1 aromatic carbocycles. The molecule has 4 aromatic rings. The number of cyclic esters (lactones) is 1. The van der Waals surface area contributed by atoms with Gasteiger partial charge >= 0.3 is 17.9 Å². The van der Waals surface area contributed by atoms with Crippen LogP contribution in [0.25, 0.3) is 22.3 Å². The van der Waals surface area contributed by atoms with Gasteiger partial charge in [0.25, 0.3) is 5.56 Å². The number of carbonyl (C=O) groups is 3. The predicted molar refractivity (Wildman–Crippen MR) is 139 cm³/mol. The molecule has 41 heavy (non-hydrogen) atoms. The molecule has 1 atom stereocenters. The Balaban J connectivity index is 1.21. The second-order valence-corrected chi connectivity index (χ2v) is 9.74. The number of aromatic hydroxyl groups is 2. The van der Waals surface area contributed by atoms with Crippen LogP contribution in [0.3, 0.4) is 0 Å². The van der Waals surface area contributed by atoms with Gasteiger partial charge in [0.1, 0.15) is 12.4 Å². The lowest BCUT2D eigenvalue weighted by Gasteiger charge is -2.31. The van der Waals surface area contributed by atoms with E-state index in [0.717, 1.165) is 17.7 Å². The molecule has 0 aliphatic carbocycles. The largest absolute Gasteiger partial charge is 0.492 e. The van der Waals surface area contributed by atoms with Crippen LogP contribution in [0.5, 0.6) is 17.5 Å². The SMILES string of the molecule is CC[C@@]1(O)C(=O)OCc2c1cc1n(c2=O)Cc2cc3cc(OC(=O)CCC(=O)On4c(O)ccc4O)ccc3nc2-1. The van der Waals surface area contributed by atoms with Crippen LogP contribution in [0.1, 0.15) is 42.9 Å². The zero-order chi connectivity index (χ0) is 29.1. The van der Waals surface area contributed by atoms with E-state index in [0.29, 0.717) is 27.0 Å². The molecule has 0 spiro atoms. The van der Waals surface area contributed by atoms with E-state index in [9.17, 15) is 34.5 Å². The van der Waals surface area contributed by atoms with Crippen molar-refractivity contribution in [3.63, 3.8) is 0 Å². The Morgan fingerprint density at radius 1 is 1.05 bits per heavy atom. The van der Waals surface area contributed by atoms with Crippen molar-refractivity contribution in [2.75, 3.05) is 0 Å². The molecular formula is C28H23N3O10. The van der Waals surface area contributed by atoms with Crippen LogP contribution in [0.4, 0.5) is 0 Å². The molecule has 0 radical (unpaired) electrons. The van der Waals surface area contributed by atoms with Crippen molar-refractivity contribution in [1.82, 2.24) is 14.3 Å². The third-order valence-corrected chi connectivity index (χ3v) is 7.23. The van der Waals surface area contributed by atoms with Gasteiger partial charge in [-0.2, -0.15) is 0 Å². The fourth-order valence-electron chi connectivity index (χ4n) is 5.06. The minimum absolute atomic E-state index is 0.0444. The van der Waals surface area contributed by atoms with Gasteiger partial charge in [-0.3, -0.25) is 9.59 Å². The molecule has 0 saturated carbocycles. The van der Waals surface area contributed by atoms with Gasteiger partial charge in [-0.05, 0) is 36.8 Å². The molecule has 210 valence electrons. The van der Waals surface area contributed by atoms with E-state index in [1.165, 1.54) is 10.6 Å². The number of aliphatic hydroxyl groups is 1. The lowest BCUT2D eigenvalue weighted by atomic mass is 9.86. The molecule has 13 heteroatoms. The predicted octanol–water partition coefficient (Wildman–Crippen LogP) is 1.63. The van der Waals surface area contributed by atoms with E-state index in [1.807, 2.05) is 6.07 Å². The Morgan fingerprint density at radius 3 is 2.51 bits per heavy atom.